The van der Waals surface area contributed by atoms with Gasteiger partial charge in [0.05, 0.1) is 6.10 Å². The number of hydrogen-bond acceptors (Lipinski definition) is 4. The predicted molar refractivity (Wildman–Crippen MR) is 97.9 cm³/mol. The largest absolute Gasteiger partial charge is 0.439 e. The Morgan fingerprint density at radius 3 is 2.96 bits per heavy atom. The van der Waals surface area contributed by atoms with Crippen molar-refractivity contribution in [1.29, 1.82) is 0 Å². The second-order valence-electron chi connectivity index (χ2n) is 6.01. The average molecular weight is 358 g/mol. The fraction of sp³-hybridized carbons (Fsp3) is 0.368. The van der Waals surface area contributed by atoms with Crippen LogP contribution in [-0.4, -0.2) is 37.2 Å². The third-order valence-electron chi connectivity index (χ3n) is 4.02. The zero-order valence-electron chi connectivity index (χ0n) is 14.7. The van der Waals surface area contributed by atoms with Crippen LogP contribution in [0, 0.1) is 5.82 Å². The van der Waals surface area contributed by atoms with Crippen molar-refractivity contribution in [1.82, 2.24) is 15.6 Å². The highest BCUT2D eigenvalue weighted by Crippen LogP contribution is 2.20. The molecule has 1 saturated heterocycles. The molecule has 0 saturated carbocycles. The van der Waals surface area contributed by atoms with Gasteiger partial charge in [-0.05, 0) is 30.5 Å². The Kier molecular flexibility index (Phi) is 6.38. The topological polar surface area (TPSA) is 67.8 Å². The van der Waals surface area contributed by atoms with Crippen LogP contribution in [-0.2, 0) is 11.3 Å². The Morgan fingerprint density at radius 1 is 1.35 bits per heavy atom. The first-order valence-electron chi connectivity index (χ1n) is 8.67. The van der Waals surface area contributed by atoms with E-state index in [1.54, 1.807) is 31.4 Å². The number of benzene rings is 1. The van der Waals surface area contributed by atoms with Crippen molar-refractivity contribution in [3.63, 3.8) is 0 Å². The van der Waals surface area contributed by atoms with Crippen LogP contribution in [0.3, 0.4) is 0 Å². The van der Waals surface area contributed by atoms with Crippen LogP contribution >= 0.6 is 0 Å². The molecule has 6 nitrogen and oxygen atoms in total. The molecule has 1 fully saturated rings. The summed E-state index contributed by atoms with van der Waals surface area (Å²) in [7, 11) is 1.74. The highest BCUT2D eigenvalue weighted by atomic mass is 19.1. The van der Waals surface area contributed by atoms with E-state index in [1.807, 2.05) is 6.07 Å². The van der Waals surface area contributed by atoms with Crippen molar-refractivity contribution < 1.29 is 13.9 Å². The number of nitrogens with zero attached hydrogens (tertiary/aromatic N) is 2. The molecule has 0 radical (unpaired) electrons. The minimum absolute atomic E-state index is 0.259. The lowest BCUT2D eigenvalue weighted by Crippen LogP contribution is -2.40. The summed E-state index contributed by atoms with van der Waals surface area (Å²) in [5.41, 5.74) is 0.983. The lowest BCUT2D eigenvalue weighted by atomic mass is 10.2. The smallest absolute Gasteiger partial charge is 0.219 e. The van der Waals surface area contributed by atoms with Crippen LogP contribution in [0.5, 0.6) is 11.6 Å². The van der Waals surface area contributed by atoms with Crippen molar-refractivity contribution in [3.8, 4) is 11.6 Å². The number of hydrogen-bond donors (Lipinski definition) is 2. The van der Waals surface area contributed by atoms with E-state index in [0.29, 0.717) is 18.2 Å². The van der Waals surface area contributed by atoms with Crippen LogP contribution in [0.4, 0.5) is 4.39 Å². The summed E-state index contributed by atoms with van der Waals surface area (Å²) in [6, 6.07) is 9.63. The molecule has 0 amide bonds. The molecule has 3 rings (SSSR count). The molecule has 1 aliphatic rings. The first kappa shape index (κ1) is 18.1. The number of aliphatic imine (C=N–C) groups is 1. The van der Waals surface area contributed by atoms with Crippen LogP contribution in [0.15, 0.2) is 47.6 Å². The quantitative estimate of drug-likeness (QED) is 0.614. The Morgan fingerprint density at radius 2 is 2.27 bits per heavy atom. The molecule has 7 heteroatoms. The van der Waals surface area contributed by atoms with Gasteiger partial charge >= 0.3 is 0 Å². The molecule has 0 spiro atoms. The highest BCUT2D eigenvalue weighted by molar-refractivity contribution is 5.79. The van der Waals surface area contributed by atoms with Crippen LogP contribution in [0.1, 0.15) is 18.4 Å². The lowest BCUT2D eigenvalue weighted by molar-refractivity contribution is 0.114. The first-order chi connectivity index (χ1) is 12.7. The van der Waals surface area contributed by atoms with Gasteiger partial charge in [0.1, 0.15) is 11.6 Å². The molecule has 1 aliphatic heterocycles. The maximum atomic E-state index is 13.2. The summed E-state index contributed by atoms with van der Waals surface area (Å²) >= 11 is 0. The van der Waals surface area contributed by atoms with E-state index in [2.05, 4.69) is 20.6 Å². The van der Waals surface area contributed by atoms with Gasteiger partial charge in [0.2, 0.25) is 5.88 Å². The Hall–Kier alpha value is -2.67. The van der Waals surface area contributed by atoms with Gasteiger partial charge in [0.25, 0.3) is 0 Å². The van der Waals surface area contributed by atoms with Crippen molar-refractivity contribution >= 4 is 5.96 Å². The molecule has 2 N–H and O–H groups in total. The van der Waals surface area contributed by atoms with Gasteiger partial charge in [-0.15, -0.1) is 0 Å². The van der Waals surface area contributed by atoms with E-state index in [0.717, 1.165) is 37.5 Å². The SMILES string of the molecule is CN=C(NCc1ccc(Oc2cccc(F)c2)nc1)NCC1CCCO1. The number of aromatic nitrogens is 1. The van der Waals surface area contributed by atoms with E-state index in [9.17, 15) is 4.39 Å². The maximum absolute atomic E-state index is 13.2. The van der Waals surface area contributed by atoms with Crippen molar-refractivity contribution in [2.45, 2.75) is 25.5 Å². The van der Waals surface area contributed by atoms with Gasteiger partial charge in [-0.25, -0.2) is 9.37 Å². The van der Waals surface area contributed by atoms with Crippen LogP contribution in [0.25, 0.3) is 0 Å². The van der Waals surface area contributed by atoms with E-state index >= 15 is 0 Å². The molecule has 26 heavy (non-hydrogen) atoms. The fourth-order valence-electron chi connectivity index (χ4n) is 2.65. The third kappa shape index (κ3) is 5.42. The van der Waals surface area contributed by atoms with Gasteiger partial charge in [0.15, 0.2) is 5.96 Å². The Labute approximate surface area is 152 Å². The van der Waals surface area contributed by atoms with Gasteiger partial charge in [-0.1, -0.05) is 12.1 Å². The molecule has 1 unspecified atom stereocenters. The Balaban J connectivity index is 1.47. The molecular weight excluding hydrogens is 335 g/mol. The second kappa shape index (κ2) is 9.15. The second-order valence-corrected chi connectivity index (χ2v) is 6.01. The highest BCUT2D eigenvalue weighted by Gasteiger charge is 2.15. The summed E-state index contributed by atoms with van der Waals surface area (Å²) in [5, 5.41) is 6.50. The standard InChI is InChI=1S/C19H23FN4O2/c1-21-19(24-13-17-6-3-9-25-17)23-12-14-7-8-18(22-11-14)26-16-5-2-4-15(20)10-16/h2,4-5,7-8,10-11,17H,3,6,9,12-13H2,1H3,(H2,21,23,24). The van der Waals surface area contributed by atoms with E-state index in [-0.39, 0.29) is 11.9 Å². The minimum Gasteiger partial charge on any atom is -0.439 e. The number of rotatable bonds is 6. The zero-order chi connectivity index (χ0) is 18.2. The lowest BCUT2D eigenvalue weighted by Gasteiger charge is -2.15. The summed E-state index contributed by atoms with van der Waals surface area (Å²) in [5.74, 6) is 1.22. The average Bonchev–Trinajstić information content (AvgIpc) is 3.17. The maximum Gasteiger partial charge on any atom is 0.219 e. The van der Waals surface area contributed by atoms with Gasteiger partial charge in [0, 0.05) is 45.1 Å². The van der Waals surface area contributed by atoms with E-state index in [4.69, 9.17) is 9.47 Å². The summed E-state index contributed by atoms with van der Waals surface area (Å²) in [6.45, 7) is 2.17. The molecular formula is C19H23FN4O2. The van der Waals surface area contributed by atoms with Gasteiger partial charge in [-0.2, -0.15) is 0 Å². The van der Waals surface area contributed by atoms with E-state index in [1.165, 1.54) is 12.1 Å². The molecule has 1 aromatic carbocycles. The first-order valence-corrected chi connectivity index (χ1v) is 8.67. The zero-order valence-corrected chi connectivity index (χ0v) is 14.7. The van der Waals surface area contributed by atoms with Crippen molar-refractivity contribution in [2.24, 2.45) is 4.99 Å². The molecule has 2 aromatic rings. The predicted octanol–water partition coefficient (Wildman–Crippen LogP) is 2.86. The number of nitrogens with one attached hydrogen (secondary N) is 2. The fourth-order valence-corrected chi connectivity index (χ4v) is 2.65. The number of halogens is 1. The molecule has 1 aromatic heterocycles. The number of pyridine rings is 1. The van der Waals surface area contributed by atoms with Crippen LogP contribution < -0.4 is 15.4 Å². The normalized spacial score (nSPS) is 17.2. The summed E-state index contributed by atoms with van der Waals surface area (Å²) < 4.78 is 24.3. The van der Waals surface area contributed by atoms with E-state index < -0.39 is 0 Å². The monoisotopic (exact) mass is 358 g/mol. The molecule has 2 heterocycles. The van der Waals surface area contributed by atoms with Gasteiger partial charge in [-0.3, -0.25) is 4.99 Å². The summed E-state index contributed by atoms with van der Waals surface area (Å²) in [4.78, 5) is 8.46. The number of guanidine groups is 1. The molecule has 1 atom stereocenters. The Bertz CT molecular complexity index is 731. The minimum atomic E-state index is -0.342. The van der Waals surface area contributed by atoms with Gasteiger partial charge < -0.3 is 20.1 Å². The van der Waals surface area contributed by atoms with Crippen LogP contribution in [0.2, 0.25) is 0 Å². The summed E-state index contributed by atoms with van der Waals surface area (Å²) in [6.07, 6.45) is 4.18. The molecule has 0 bridgehead atoms. The molecule has 0 aliphatic carbocycles. The van der Waals surface area contributed by atoms with Crippen molar-refractivity contribution in [2.75, 3.05) is 20.2 Å². The third-order valence-corrected chi connectivity index (χ3v) is 4.02. The molecule has 138 valence electrons. The number of ether oxygens (including phenoxy) is 2. The van der Waals surface area contributed by atoms with Crippen molar-refractivity contribution in [3.05, 3.63) is 54.0 Å².